The largest absolute Gasteiger partial charge is 0.508 e. The molecule has 1 aliphatic heterocycles. The van der Waals surface area contributed by atoms with Crippen molar-refractivity contribution in [3.8, 4) is 28.6 Å². The number of hydrogen-bond acceptors (Lipinski definition) is 12. The molecule has 0 bridgehead atoms. The third-order valence-electron chi connectivity index (χ3n) is 5.59. The number of carbonyl (C=O) groups is 2. The molecule has 196 valence electrons. The van der Waals surface area contributed by atoms with Crippen molar-refractivity contribution in [3.63, 3.8) is 0 Å². The lowest BCUT2D eigenvalue weighted by molar-refractivity contribution is -0.284. The van der Waals surface area contributed by atoms with Crippen LogP contribution in [0.2, 0.25) is 0 Å². The van der Waals surface area contributed by atoms with Crippen molar-refractivity contribution >= 4 is 22.9 Å². The van der Waals surface area contributed by atoms with E-state index in [9.17, 15) is 34.8 Å². The molecular weight excluding hydrogens is 492 g/mol. The third kappa shape index (κ3) is 5.50. The normalized spacial score (nSPS) is 23.4. The Hall–Kier alpha value is -4.13. The molecule has 37 heavy (non-hydrogen) atoms. The molecule has 4 rings (SSSR count). The summed E-state index contributed by atoms with van der Waals surface area (Å²) in [4.78, 5) is 35.8. The number of aliphatic hydroxyl groups is 2. The Bertz CT molecular complexity index is 1360. The fraction of sp³-hybridized carbons (Fsp3) is 0.320. The van der Waals surface area contributed by atoms with E-state index in [2.05, 4.69) is 0 Å². The lowest BCUT2D eigenvalue weighted by atomic mass is 9.98. The second-order valence-electron chi connectivity index (χ2n) is 8.32. The second kappa shape index (κ2) is 10.5. The third-order valence-corrected chi connectivity index (χ3v) is 5.59. The van der Waals surface area contributed by atoms with E-state index in [0.29, 0.717) is 5.56 Å². The van der Waals surface area contributed by atoms with Crippen molar-refractivity contribution in [2.24, 2.45) is 0 Å². The summed E-state index contributed by atoms with van der Waals surface area (Å²) in [5.41, 5.74) is -0.106. The van der Waals surface area contributed by atoms with Gasteiger partial charge in [0.15, 0.2) is 23.7 Å². The molecule has 12 nitrogen and oxygen atoms in total. The van der Waals surface area contributed by atoms with Gasteiger partial charge in [-0.15, -0.1) is 0 Å². The number of phenolic OH excluding ortho intramolecular Hbond substituents is 2. The molecule has 1 aromatic heterocycles. The van der Waals surface area contributed by atoms with Crippen molar-refractivity contribution < 1.29 is 53.4 Å². The van der Waals surface area contributed by atoms with E-state index in [-0.39, 0.29) is 28.2 Å². The maximum atomic E-state index is 12.7. The van der Waals surface area contributed by atoms with Crippen LogP contribution in [0.1, 0.15) is 13.8 Å². The van der Waals surface area contributed by atoms with Crippen LogP contribution < -0.4 is 10.2 Å². The van der Waals surface area contributed by atoms with E-state index >= 15 is 0 Å². The maximum absolute atomic E-state index is 12.7. The monoisotopic (exact) mass is 516 g/mol. The van der Waals surface area contributed by atoms with Gasteiger partial charge in [-0.1, -0.05) is 0 Å². The summed E-state index contributed by atoms with van der Waals surface area (Å²) in [6.45, 7) is 1.52. The van der Waals surface area contributed by atoms with Crippen LogP contribution in [0.4, 0.5) is 0 Å². The number of rotatable bonds is 6. The molecule has 2 heterocycles. The van der Waals surface area contributed by atoms with Crippen LogP contribution in [0.3, 0.4) is 0 Å². The van der Waals surface area contributed by atoms with Gasteiger partial charge in [-0.2, -0.15) is 0 Å². The molecule has 12 heteroatoms. The molecule has 1 fully saturated rings. The van der Waals surface area contributed by atoms with Gasteiger partial charge < -0.3 is 43.8 Å². The molecule has 0 saturated carbocycles. The van der Waals surface area contributed by atoms with Crippen LogP contribution in [0.15, 0.2) is 51.7 Å². The molecule has 2 aromatic carbocycles. The summed E-state index contributed by atoms with van der Waals surface area (Å²) in [5, 5.41) is 40.5. The van der Waals surface area contributed by atoms with E-state index in [0.717, 1.165) is 19.9 Å². The first-order valence-corrected chi connectivity index (χ1v) is 11.1. The minimum absolute atomic E-state index is 0.0236. The molecule has 0 amide bonds. The van der Waals surface area contributed by atoms with Crippen LogP contribution in [0.25, 0.3) is 22.3 Å². The van der Waals surface area contributed by atoms with E-state index in [4.69, 9.17) is 23.4 Å². The van der Waals surface area contributed by atoms with Crippen molar-refractivity contribution in [2.45, 2.75) is 44.6 Å². The van der Waals surface area contributed by atoms with Crippen LogP contribution in [-0.4, -0.2) is 69.7 Å². The molecule has 1 saturated heterocycles. The smallest absolute Gasteiger partial charge is 0.303 e. The Balaban J connectivity index is 1.69. The summed E-state index contributed by atoms with van der Waals surface area (Å²) in [6, 6.07) is 9.47. The van der Waals surface area contributed by atoms with Gasteiger partial charge in [0.2, 0.25) is 6.29 Å². The quantitative estimate of drug-likeness (QED) is 0.344. The summed E-state index contributed by atoms with van der Waals surface area (Å²) >= 11 is 0. The van der Waals surface area contributed by atoms with Gasteiger partial charge in [-0.25, -0.2) is 0 Å². The number of hydrogen-bond donors (Lipinski definition) is 4. The Kier molecular flexibility index (Phi) is 7.34. The summed E-state index contributed by atoms with van der Waals surface area (Å²) in [7, 11) is 0. The van der Waals surface area contributed by atoms with Crippen LogP contribution >= 0.6 is 0 Å². The predicted molar refractivity (Wildman–Crippen MR) is 125 cm³/mol. The van der Waals surface area contributed by atoms with Crippen LogP contribution in [0, 0.1) is 0 Å². The van der Waals surface area contributed by atoms with Gasteiger partial charge in [-0.3, -0.25) is 14.4 Å². The zero-order valence-corrected chi connectivity index (χ0v) is 19.7. The molecule has 0 radical (unpaired) electrons. The van der Waals surface area contributed by atoms with Crippen molar-refractivity contribution in [1.82, 2.24) is 0 Å². The highest BCUT2D eigenvalue weighted by Crippen LogP contribution is 2.34. The summed E-state index contributed by atoms with van der Waals surface area (Å²) in [6.07, 6.45) is -7.21. The van der Waals surface area contributed by atoms with Crippen LogP contribution in [-0.2, 0) is 23.8 Å². The topological polar surface area (TPSA) is 182 Å². The number of fused-ring (bicyclic) bond motifs is 1. The molecule has 0 spiro atoms. The van der Waals surface area contributed by atoms with Crippen molar-refractivity contribution in [1.29, 1.82) is 0 Å². The number of aliphatic hydroxyl groups excluding tert-OH is 2. The zero-order valence-electron chi connectivity index (χ0n) is 19.7. The fourth-order valence-electron chi connectivity index (χ4n) is 4.01. The van der Waals surface area contributed by atoms with E-state index < -0.39 is 60.4 Å². The number of phenols is 2. The first-order valence-electron chi connectivity index (χ1n) is 11.1. The average Bonchev–Trinajstić information content (AvgIpc) is 2.82. The van der Waals surface area contributed by atoms with Gasteiger partial charge in [0.25, 0.3) is 0 Å². The van der Waals surface area contributed by atoms with Crippen LogP contribution in [0.5, 0.6) is 17.2 Å². The minimum Gasteiger partial charge on any atom is -0.508 e. The van der Waals surface area contributed by atoms with E-state index in [1.807, 2.05) is 0 Å². The van der Waals surface area contributed by atoms with Gasteiger partial charge >= 0.3 is 11.9 Å². The lowest BCUT2D eigenvalue weighted by Crippen LogP contribution is -2.62. The van der Waals surface area contributed by atoms with Gasteiger partial charge in [0.05, 0.1) is 6.61 Å². The standard InChI is InChI=1S/C25H24O12/c1-11(27)33-23-20(10-26)37-25(22(32)24(23)34-12(2)28)35-15-7-16(30)21-17(31)9-18(36-19(21)8-15)13-3-5-14(29)6-4-13/h3-9,20,22-26,29-30,32H,10H2,1-2H3/t20-,22+,23+,24+,25+/m0/s1. The van der Waals surface area contributed by atoms with E-state index in [1.165, 1.54) is 36.4 Å². The number of aromatic hydroxyl groups is 2. The zero-order chi connectivity index (χ0) is 26.9. The molecule has 4 N–H and O–H groups in total. The highest BCUT2D eigenvalue weighted by atomic mass is 16.7. The average molecular weight is 516 g/mol. The van der Waals surface area contributed by atoms with E-state index in [1.54, 1.807) is 0 Å². The summed E-state index contributed by atoms with van der Waals surface area (Å²) in [5.74, 6) is -1.93. The SMILES string of the molecule is CC(=O)O[C@@H]1[C@@H](O)[C@H](Oc2cc(O)c3c(=O)cc(-c4ccc(O)cc4)oc3c2)O[C@@H](CO)[C@H]1OC(C)=O. The number of esters is 2. The second-order valence-corrected chi connectivity index (χ2v) is 8.32. The molecule has 0 unspecified atom stereocenters. The first-order chi connectivity index (χ1) is 17.6. The number of benzene rings is 2. The Morgan fingerprint density at radius 2 is 1.62 bits per heavy atom. The Morgan fingerprint density at radius 3 is 2.24 bits per heavy atom. The first kappa shape index (κ1) is 25.9. The maximum Gasteiger partial charge on any atom is 0.303 e. The molecular formula is C25H24O12. The lowest BCUT2D eigenvalue weighted by Gasteiger charge is -2.42. The predicted octanol–water partition coefficient (Wildman–Crippen LogP) is 1.19. The Labute approximate surface area is 209 Å². The molecule has 3 aromatic rings. The molecule has 5 atom stereocenters. The van der Waals surface area contributed by atoms with Crippen molar-refractivity contribution in [3.05, 3.63) is 52.7 Å². The summed E-state index contributed by atoms with van der Waals surface area (Å²) < 4.78 is 27.3. The van der Waals surface area contributed by atoms with Crippen molar-refractivity contribution in [2.75, 3.05) is 6.61 Å². The number of carbonyl (C=O) groups excluding carboxylic acids is 2. The minimum atomic E-state index is -1.68. The molecule has 1 aliphatic rings. The van der Waals surface area contributed by atoms with Gasteiger partial charge in [0.1, 0.15) is 40.1 Å². The number of ether oxygens (including phenoxy) is 4. The highest BCUT2D eigenvalue weighted by Gasteiger charge is 2.50. The highest BCUT2D eigenvalue weighted by molar-refractivity contribution is 5.86. The fourth-order valence-corrected chi connectivity index (χ4v) is 4.01. The molecule has 0 aliphatic carbocycles. The Morgan fingerprint density at radius 1 is 0.973 bits per heavy atom. The van der Waals surface area contributed by atoms with Gasteiger partial charge in [0, 0.05) is 37.6 Å². The van der Waals surface area contributed by atoms with Gasteiger partial charge in [-0.05, 0) is 24.3 Å².